The average Bonchev–Trinajstić information content (AvgIpc) is 3.30. The summed E-state index contributed by atoms with van der Waals surface area (Å²) in [5.41, 5.74) is 9.42. The molecule has 0 atom stereocenters. The highest BCUT2D eigenvalue weighted by Crippen LogP contribution is 2.40. The first-order valence-corrected chi connectivity index (χ1v) is 10.1. The van der Waals surface area contributed by atoms with E-state index in [-0.39, 0.29) is 5.92 Å². The van der Waals surface area contributed by atoms with Crippen molar-refractivity contribution >= 4 is 23.6 Å². The van der Waals surface area contributed by atoms with Crippen LogP contribution in [0, 0.1) is 22.7 Å². The van der Waals surface area contributed by atoms with E-state index < -0.39 is 0 Å². The minimum atomic E-state index is 0.200. The first-order valence-electron chi connectivity index (χ1n) is 10.1. The van der Waals surface area contributed by atoms with Crippen molar-refractivity contribution in [2.45, 2.75) is 12.8 Å². The van der Waals surface area contributed by atoms with E-state index >= 15 is 0 Å². The molecule has 158 valence electrons. The average molecular weight is 417 g/mol. The van der Waals surface area contributed by atoms with Gasteiger partial charge in [-0.1, -0.05) is 0 Å². The molecule has 1 aromatic carbocycles. The van der Waals surface area contributed by atoms with Gasteiger partial charge in [0.2, 0.25) is 12.1 Å². The quantitative estimate of drug-likeness (QED) is 0.373. The van der Waals surface area contributed by atoms with Gasteiger partial charge in [0.05, 0.1) is 19.8 Å². The van der Waals surface area contributed by atoms with E-state index in [9.17, 15) is 5.26 Å². The molecule has 9 heteroatoms. The number of aromatic nitrogens is 3. The van der Waals surface area contributed by atoms with Gasteiger partial charge in [-0.05, 0) is 25.0 Å². The van der Waals surface area contributed by atoms with Gasteiger partial charge in [-0.15, -0.1) is 0 Å². The predicted molar refractivity (Wildman–Crippen MR) is 119 cm³/mol. The third-order valence-electron chi connectivity index (χ3n) is 5.86. The number of hydrogen-bond donors (Lipinski definition) is 2. The van der Waals surface area contributed by atoms with Crippen molar-refractivity contribution in [2.24, 2.45) is 11.7 Å². The molecule has 3 heterocycles. The summed E-state index contributed by atoms with van der Waals surface area (Å²) < 4.78 is 9.01. The van der Waals surface area contributed by atoms with Gasteiger partial charge in [0.1, 0.15) is 17.4 Å². The number of piperidine rings is 1. The minimum Gasteiger partial charge on any atom is -0.495 e. The van der Waals surface area contributed by atoms with E-state index in [1.807, 2.05) is 28.9 Å². The molecular weight excluding hydrogens is 392 g/mol. The van der Waals surface area contributed by atoms with Crippen LogP contribution in [0.25, 0.3) is 16.9 Å². The number of benzene rings is 1. The van der Waals surface area contributed by atoms with Crippen LogP contribution in [0.3, 0.4) is 0 Å². The van der Waals surface area contributed by atoms with E-state index in [2.05, 4.69) is 20.9 Å². The second-order valence-corrected chi connectivity index (χ2v) is 7.55. The van der Waals surface area contributed by atoms with Crippen LogP contribution in [-0.4, -0.2) is 58.4 Å². The molecule has 31 heavy (non-hydrogen) atoms. The number of hydrogen-bond acceptors (Lipinski definition) is 6. The van der Waals surface area contributed by atoms with Crippen LogP contribution in [0.15, 0.2) is 36.9 Å². The Morgan fingerprint density at radius 2 is 2.13 bits per heavy atom. The summed E-state index contributed by atoms with van der Waals surface area (Å²) >= 11 is 0. The molecule has 3 aromatic rings. The summed E-state index contributed by atoms with van der Waals surface area (Å²) in [6.07, 6.45) is 10.2. The zero-order chi connectivity index (χ0) is 22.0. The Morgan fingerprint density at radius 3 is 2.81 bits per heavy atom. The maximum absolute atomic E-state index is 9.97. The molecule has 0 amide bonds. The molecule has 9 nitrogen and oxygen atoms in total. The molecule has 3 N–H and O–H groups in total. The van der Waals surface area contributed by atoms with Crippen LogP contribution >= 0.6 is 0 Å². The van der Waals surface area contributed by atoms with Crippen molar-refractivity contribution in [3.05, 3.63) is 42.5 Å². The Morgan fingerprint density at radius 1 is 1.35 bits per heavy atom. The first-order chi connectivity index (χ1) is 15.1. The molecule has 1 aliphatic rings. The largest absolute Gasteiger partial charge is 0.495 e. The summed E-state index contributed by atoms with van der Waals surface area (Å²) in [7, 11) is 3.37. The summed E-state index contributed by atoms with van der Waals surface area (Å²) in [6, 6.07) is 6.14. The van der Waals surface area contributed by atoms with Gasteiger partial charge in [-0.2, -0.15) is 10.7 Å². The first kappa shape index (κ1) is 20.3. The molecule has 0 bridgehead atoms. The summed E-state index contributed by atoms with van der Waals surface area (Å²) in [4.78, 5) is 10.9. The zero-order valence-corrected chi connectivity index (χ0v) is 17.6. The van der Waals surface area contributed by atoms with Gasteiger partial charge in [0.15, 0.2) is 5.84 Å². The molecule has 2 aromatic heterocycles. The lowest BCUT2D eigenvalue weighted by atomic mass is 9.93. The fourth-order valence-electron chi connectivity index (χ4n) is 4.13. The number of ether oxygens (including phenoxy) is 1. The maximum atomic E-state index is 9.97. The van der Waals surface area contributed by atoms with Gasteiger partial charge in [-0.3, -0.25) is 4.40 Å². The Kier molecular flexibility index (Phi) is 5.54. The van der Waals surface area contributed by atoms with Crippen molar-refractivity contribution in [1.82, 2.24) is 14.4 Å². The van der Waals surface area contributed by atoms with Crippen molar-refractivity contribution in [1.29, 1.82) is 10.7 Å². The number of rotatable bonds is 5. The predicted octanol–water partition coefficient (Wildman–Crippen LogP) is 2.10. The Balaban J connectivity index is 1.76. The van der Waals surface area contributed by atoms with Crippen molar-refractivity contribution in [2.75, 3.05) is 32.1 Å². The number of fused-ring (bicyclic) bond motifs is 1. The van der Waals surface area contributed by atoms with E-state index in [0.717, 1.165) is 42.7 Å². The van der Waals surface area contributed by atoms with Gasteiger partial charge in [0.25, 0.3) is 0 Å². The van der Waals surface area contributed by atoms with Gasteiger partial charge >= 0.3 is 0 Å². The van der Waals surface area contributed by atoms with Crippen LogP contribution in [0.2, 0.25) is 0 Å². The van der Waals surface area contributed by atoms with Gasteiger partial charge in [-0.25, -0.2) is 14.5 Å². The highest BCUT2D eigenvalue weighted by molar-refractivity contribution is 5.85. The monoisotopic (exact) mass is 417 g/mol. The van der Waals surface area contributed by atoms with Crippen molar-refractivity contribution in [3.63, 3.8) is 0 Å². The second-order valence-electron chi connectivity index (χ2n) is 7.55. The van der Waals surface area contributed by atoms with E-state index in [1.165, 1.54) is 6.34 Å². The molecule has 0 aliphatic carbocycles. The maximum Gasteiger partial charge on any atom is 0.233 e. The third kappa shape index (κ3) is 3.68. The Bertz CT molecular complexity index is 1200. The Labute approximate surface area is 180 Å². The fraction of sp³-hybridized carbons (Fsp3) is 0.318. The van der Waals surface area contributed by atoms with Crippen LogP contribution in [0.5, 0.6) is 5.75 Å². The molecular formula is C22H25N8O+. The van der Waals surface area contributed by atoms with Gasteiger partial charge < -0.3 is 15.4 Å². The van der Waals surface area contributed by atoms with Crippen LogP contribution in [0.4, 0.5) is 5.69 Å². The molecule has 1 aliphatic heterocycles. The Hall–Kier alpha value is -3.93. The van der Waals surface area contributed by atoms with E-state index in [4.69, 9.17) is 15.9 Å². The zero-order valence-electron chi connectivity index (χ0n) is 17.6. The number of nitrogens with two attached hydrogens (primary N) is 1. The summed E-state index contributed by atoms with van der Waals surface area (Å²) in [5.74, 6) is 2.08. The molecule has 0 saturated carbocycles. The lowest BCUT2D eigenvalue weighted by molar-refractivity contribution is -0.366. The molecule has 1 saturated heterocycles. The topological polar surface area (TPSA) is 119 Å². The smallest absolute Gasteiger partial charge is 0.233 e. The number of anilines is 1. The number of imidazole rings is 1. The normalized spacial score (nSPS) is 15.5. The van der Waals surface area contributed by atoms with Crippen LogP contribution < -0.4 is 15.4 Å². The standard InChI is InChI=1S/C22H24N8O/c1-28(14-24)21(25)15-5-8-29(9-6-15)20-17(3-4-19(31-2)18(20)11-23)16-12-27-22-26-7-10-30(22)13-16/h3-4,7,10,12-15,24-25H,5-6,8-9H2,1-2H3/p+1. The lowest BCUT2D eigenvalue weighted by Gasteiger charge is -2.35. The van der Waals surface area contributed by atoms with Crippen molar-refractivity contribution in [3.8, 4) is 22.9 Å². The van der Waals surface area contributed by atoms with Crippen LogP contribution in [0.1, 0.15) is 18.4 Å². The molecule has 1 fully saturated rings. The lowest BCUT2D eigenvalue weighted by Crippen LogP contribution is -2.42. The number of amidine groups is 1. The van der Waals surface area contributed by atoms with E-state index in [0.29, 0.717) is 22.9 Å². The van der Waals surface area contributed by atoms with E-state index in [1.54, 1.807) is 31.1 Å². The third-order valence-corrected chi connectivity index (χ3v) is 5.86. The van der Waals surface area contributed by atoms with Gasteiger partial charge in [0, 0.05) is 54.9 Å². The minimum absolute atomic E-state index is 0.200. The fourth-order valence-corrected chi connectivity index (χ4v) is 4.13. The number of nitrogens with one attached hydrogen (secondary N) is 1. The van der Waals surface area contributed by atoms with Crippen LogP contribution in [-0.2, 0) is 0 Å². The van der Waals surface area contributed by atoms with Crippen molar-refractivity contribution < 1.29 is 9.31 Å². The highest BCUT2D eigenvalue weighted by Gasteiger charge is 2.29. The molecule has 4 rings (SSSR count). The number of methoxy groups -OCH3 is 1. The number of nitriles is 1. The molecule has 0 radical (unpaired) electrons. The molecule has 0 spiro atoms. The highest BCUT2D eigenvalue weighted by atomic mass is 16.5. The second kappa shape index (κ2) is 8.44. The molecule has 0 unspecified atom stereocenters. The summed E-state index contributed by atoms with van der Waals surface area (Å²) in [5, 5.41) is 17.4. The summed E-state index contributed by atoms with van der Waals surface area (Å²) in [6.45, 7) is 1.49. The number of nitrogens with zero attached hydrogens (tertiary/aromatic N) is 6. The SMILES string of the molecule is COc1ccc(-c2cnc3nccn3c2)c(N2CCC(C(N)=[N+](C)C=N)CC2)c1C#N.